The Bertz CT molecular complexity index is 521. The zero-order valence-electron chi connectivity index (χ0n) is 14.5. The fourth-order valence-electron chi connectivity index (χ4n) is 2.48. The van der Waals surface area contributed by atoms with Crippen molar-refractivity contribution in [3.8, 4) is 0 Å². The highest BCUT2D eigenvalue weighted by atomic mass is 16.6. The molecule has 142 valence electrons. The average Bonchev–Trinajstić information content (AvgIpc) is 2.57. The first-order valence-electron chi connectivity index (χ1n) is 7.66. The van der Waals surface area contributed by atoms with Crippen molar-refractivity contribution in [1.29, 1.82) is 0 Å². The molecule has 0 saturated carbocycles. The first-order chi connectivity index (χ1) is 11.6. The smallest absolute Gasteiger partial charge is 0.303 e. The molecule has 1 aliphatic heterocycles. The van der Waals surface area contributed by atoms with Crippen LogP contribution in [0.3, 0.4) is 0 Å². The molecule has 0 aliphatic carbocycles. The molecule has 0 aromatic carbocycles. The summed E-state index contributed by atoms with van der Waals surface area (Å²) in [5.41, 5.74) is 0. The molecular weight excluding hydrogens is 338 g/mol. The third kappa shape index (κ3) is 6.67. The molecule has 0 aromatic rings. The van der Waals surface area contributed by atoms with Crippen LogP contribution in [0, 0.1) is 0 Å². The first kappa shape index (κ1) is 20.8. The molecule has 0 aromatic heterocycles. The highest BCUT2D eigenvalue weighted by Gasteiger charge is 2.47. The summed E-state index contributed by atoms with van der Waals surface area (Å²) in [5.74, 6) is -2.48. The van der Waals surface area contributed by atoms with Gasteiger partial charge in [0.15, 0.2) is 12.2 Å². The molecule has 1 saturated heterocycles. The van der Waals surface area contributed by atoms with Crippen molar-refractivity contribution in [1.82, 2.24) is 5.32 Å². The van der Waals surface area contributed by atoms with E-state index >= 15 is 0 Å². The van der Waals surface area contributed by atoms with Crippen molar-refractivity contribution in [3.63, 3.8) is 0 Å². The lowest BCUT2D eigenvalue weighted by Crippen LogP contribution is -2.57. The van der Waals surface area contributed by atoms with E-state index in [9.17, 15) is 24.3 Å². The first-order valence-corrected chi connectivity index (χ1v) is 7.66. The summed E-state index contributed by atoms with van der Waals surface area (Å²) >= 11 is 0. The van der Waals surface area contributed by atoms with E-state index in [0.29, 0.717) is 0 Å². The standard InChI is InChI=1S/C15H23NO9/c1-7(17)16-13-11(21)5-23-12(6-22-8(2)18)14(24-9(3)19)15(13)25-10(4)20/h11-15,21H,5-6H2,1-4H3,(H,16,17). The number of carbonyl (C=O) groups excluding carboxylic acids is 4. The molecule has 0 spiro atoms. The molecule has 0 radical (unpaired) electrons. The number of aliphatic hydroxyl groups excluding tert-OH is 1. The fourth-order valence-corrected chi connectivity index (χ4v) is 2.48. The summed E-state index contributed by atoms with van der Waals surface area (Å²) in [6, 6.07) is -1.08. The van der Waals surface area contributed by atoms with Crippen LogP contribution in [-0.4, -0.2) is 72.6 Å². The van der Waals surface area contributed by atoms with E-state index in [2.05, 4.69) is 5.32 Å². The van der Waals surface area contributed by atoms with E-state index in [1.54, 1.807) is 0 Å². The van der Waals surface area contributed by atoms with Gasteiger partial charge in [-0.1, -0.05) is 0 Å². The predicted molar refractivity (Wildman–Crippen MR) is 81.1 cm³/mol. The van der Waals surface area contributed by atoms with Gasteiger partial charge in [0, 0.05) is 27.7 Å². The van der Waals surface area contributed by atoms with E-state index in [1.165, 1.54) is 13.8 Å². The molecule has 1 fully saturated rings. The Morgan fingerprint density at radius 1 is 1.00 bits per heavy atom. The van der Waals surface area contributed by atoms with Gasteiger partial charge in [-0.05, 0) is 0 Å². The quantitative estimate of drug-likeness (QED) is 0.451. The maximum atomic E-state index is 11.5. The van der Waals surface area contributed by atoms with Crippen LogP contribution >= 0.6 is 0 Å². The van der Waals surface area contributed by atoms with E-state index in [4.69, 9.17) is 18.9 Å². The van der Waals surface area contributed by atoms with Crippen molar-refractivity contribution in [2.75, 3.05) is 13.2 Å². The minimum Gasteiger partial charge on any atom is -0.463 e. The normalized spacial score (nSPS) is 29.1. The van der Waals surface area contributed by atoms with Crippen LogP contribution in [0.5, 0.6) is 0 Å². The molecule has 1 heterocycles. The molecule has 5 unspecified atom stereocenters. The van der Waals surface area contributed by atoms with Crippen molar-refractivity contribution >= 4 is 23.8 Å². The zero-order chi connectivity index (χ0) is 19.1. The second-order valence-electron chi connectivity index (χ2n) is 5.62. The van der Waals surface area contributed by atoms with Crippen molar-refractivity contribution in [2.24, 2.45) is 0 Å². The zero-order valence-corrected chi connectivity index (χ0v) is 14.5. The maximum Gasteiger partial charge on any atom is 0.303 e. The van der Waals surface area contributed by atoms with Gasteiger partial charge < -0.3 is 29.4 Å². The molecule has 25 heavy (non-hydrogen) atoms. The number of hydrogen-bond donors (Lipinski definition) is 2. The van der Waals surface area contributed by atoms with E-state index in [0.717, 1.165) is 13.8 Å². The van der Waals surface area contributed by atoms with Gasteiger partial charge in [0.05, 0.1) is 12.6 Å². The molecule has 1 amide bonds. The van der Waals surface area contributed by atoms with Gasteiger partial charge in [-0.3, -0.25) is 19.2 Å². The molecule has 1 rings (SSSR count). The number of amides is 1. The number of rotatable bonds is 5. The van der Waals surface area contributed by atoms with E-state index in [1.807, 2.05) is 0 Å². The van der Waals surface area contributed by atoms with Gasteiger partial charge in [-0.15, -0.1) is 0 Å². The molecule has 5 atom stereocenters. The summed E-state index contributed by atoms with van der Waals surface area (Å²) in [5, 5.41) is 12.7. The van der Waals surface area contributed by atoms with Gasteiger partial charge in [0.2, 0.25) is 5.91 Å². The van der Waals surface area contributed by atoms with Crippen LogP contribution in [0.4, 0.5) is 0 Å². The summed E-state index contributed by atoms with van der Waals surface area (Å²) in [6.07, 6.45) is -4.67. The Morgan fingerprint density at radius 3 is 2.04 bits per heavy atom. The average molecular weight is 361 g/mol. The molecule has 10 heteroatoms. The predicted octanol–water partition coefficient (Wildman–Crippen LogP) is -1.32. The second-order valence-corrected chi connectivity index (χ2v) is 5.62. The lowest BCUT2D eigenvalue weighted by Gasteiger charge is -2.33. The largest absolute Gasteiger partial charge is 0.463 e. The number of nitrogens with one attached hydrogen (secondary N) is 1. The van der Waals surface area contributed by atoms with Gasteiger partial charge in [0.1, 0.15) is 18.8 Å². The number of hydrogen-bond acceptors (Lipinski definition) is 9. The molecule has 2 N–H and O–H groups in total. The topological polar surface area (TPSA) is 137 Å². The molecular formula is C15H23NO9. The highest BCUT2D eigenvalue weighted by molar-refractivity contribution is 5.73. The van der Waals surface area contributed by atoms with Crippen molar-refractivity contribution < 1.29 is 43.2 Å². The third-order valence-electron chi connectivity index (χ3n) is 3.36. The van der Waals surface area contributed by atoms with Gasteiger partial charge >= 0.3 is 17.9 Å². The monoisotopic (exact) mass is 361 g/mol. The number of ether oxygens (including phenoxy) is 4. The number of esters is 3. The Labute approximate surface area is 144 Å². The minimum absolute atomic E-state index is 0.258. The van der Waals surface area contributed by atoms with Crippen molar-refractivity contribution in [3.05, 3.63) is 0 Å². The van der Waals surface area contributed by atoms with Crippen LogP contribution in [0.2, 0.25) is 0 Å². The summed E-state index contributed by atoms with van der Waals surface area (Å²) in [4.78, 5) is 45.5. The number of carbonyl (C=O) groups is 4. The summed E-state index contributed by atoms with van der Waals surface area (Å²) in [7, 11) is 0. The van der Waals surface area contributed by atoms with Crippen LogP contribution in [-0.2, 0) is 38.1 Å². The fraction of sp³-hybridized carbons (Fsp3) is 0.733. The van der Waals surface area contributed by atoms with E-state index < -0.39 is 54.3 Å². The molecule has 1 aliphatic rings. The summed E-state index contributed by atoms with van der Waals surface area (Å²) in [6.45, 7) is 4.14. The highest BCUT2D eigenvalue weighted by Crippen LogP contribution is 2.23. The lowest BCUT2D eigenvalue weighted by molar-refractivity contribution is -0.182. The van der Waals surface area contributed by atoms with Crippen molar-refractivity contribution in [2.45, 2.75) is 58.2 Å². The van der Waals surface area contributed by atoms with Gasteiger partial charge in [0.25, 0.3) is 0 Å². The molecule has 10 nitrogen and oxygen atoms in total. The summed E-state index contributed by atoms with van der Waals surface area (Å²) < 4.78 is 20.7. The Balaban J connectivity index is 3.20. The van der Waals surface area contributed by atoms with Crippen LogP contribution in [0.15, 0.2) is 0 Å². The maximum absolute atomic E-state index is 11.5. The van der Waals surface area contributed by atoms with Gasteiger partial charge in [-0.25, -0.2) is 0 Å². The van der Waals surface area contributed by atoms with Gasteiger partial charge in [-0.2, -0.15) is 0 Å². The second kappa shape index (κ2) is 9.33. The lowest BCUT2D eigenvalue weighted by atomic mass is 9.98. The van der Waals surface area contributed by atoms with E-state index in [-0.39, 0.29) is 13.2 Å². The third-order valence-corrected chi connectivity index (χ3v) is 3.36. The number of aliphatic hydroxyl groups is 1. The minimum atomic E-state index is -1.24. The van der Waals surface area contributed by atoms with Crippen LogP contribution in [0.25, 0.3) is 0 Å². The van der Waals surface area contributed by atoms with Crippen LogP contribution in [0.1, 0.15) is 27.7 Å². The Morgan fingerprint density at radius 2 is 1.56 bits per heavy atom. The van der Waals surface area contributed by atoms with Crippen LogP contribution < -0.4 is 5.32 Å². The molecule has 0 bridgehead atoms. The SMILES string of the molecule is CC(=O)NC1C(O)COC(COC(C)=O)C(OC(C)=O)C1OC(C)=O. The Kier molecular flexibility index (Phi) is 7.78. The Hall–Kier alpha value is -2.20.